The van der Waals surface area contributed by atoms with Gasteiger partial charge >= 0.3 is 5.97 Å². The minimum absolute atomic E-state index is 0.116. The van der Waals surface area contributed by atoms with E-state index in [1.54, 1.807) is 0 Å². The second-order valence-corrected chi connectivity index (χ2v) is 7.80. The van der Waals surface area contributed by atoms with E-state index in [-0.39, 0.29) is 23.7 Å². The van der Waals surface area contributed by atoms with Gasteiger partial charge in [-0.3, -0.25) is 25.2 Å². The molecule has 24 heavy (non-hydrogen) atoms. The molecule has 3 saturated carbocycles. The van der Waals surface area contributed by atoms with E-state index < -0.39 is 17.8 Å². The van der Waals surface area contributed by atoms with Crippen LogP contribution in [0.3, 0.4) is 0 Å². The molecule has 6 heteroatoms. The number of hydrogen-bond acceptors (Lipinski definition) is 3. The summed E-state index contributed by atoms with van der Waals surface area (Å²) in [6.45, 7) is 0. The Kier molecular flexibility index (Phi) is 5.41. The molecule has 3 aliphatic carbocycles. The maximum Gasteiger partial charge on any atom is 0.307 e. The Hall–Kier alpha value is -1.59. The molecule has 0 aromatic rings. The molecular weight excluding hydrogens is 308 g/mol. The summed E-state index contributed by atoms with van der Waals surface area (Å²) in [5.41, 5.74) is 4.97. The normalized spacial score (nSPS) is 32.5. The van der Waals surface area contributed by atoms with E-state index >= 15 is 0 Å². The van der Waals surface area contributed by atoms with Crippen molar-refractivity contribution in [3.63, 3.8) is 0 Å². The highest BCUT2D eigenvalue weighted by Gasteiger charge is 2.54. The van der Waals surface area contributed by atoms with Crippen LogP contribution in [0.1, 0.15) is 64.2 Å². The third-order valence-corrected chi connectivity index (χ3v) is 6.33. The summed E-state index contributed by atoms with van der Waals surface area (Å²) in [6, 6.07) is 0. The summed E-state index contributed by atoms with van der Waals surface area (Å²) in [6.07, 6.45) is 10.1. The fourth-order valence-electron chi connectivity index (χ4n) is 5.11. The number of carboxylic acid groups (broad SMARTS) is 1. The van der Waals surface area contributed by atoms with Crippen LogP contribution in [0.4, 0.5) is 0 Å². The van der Waals surface area contributed by atoms with E-state index in [0.29, 0.717) is 12.3 Å². The molecule has 134 valence electrons. The van der Waals surface area contributed by atoms with Crippen molar-refractivity contribution in [2.75, 3.05) is 0 Å². The van der Waals surface area contributed by atoms with Gasteiger partial charge < -0.3 is 5.11 Å². The van der Waals surface area contributed by atoms with Crippen molar-refractivity contribution in [2.24, 2.45) is 29.6 Å². The standard InChI is InChI=1S/C18H28N2O4/c21-14(9-6-11-4-2-1-3-5-11)19-20-17(22)15-12-7-8-13(10-12)16(15)18(23)24/h11-13,15-16H,1-10H2,(H,19,21)(H,20,22)(H,23,24)/t12-,13-,15-,16+/m0/s1. The van der Waals surface area contributed by atoms with Gasteiger partial charge in [0, 0.05) is 6.42 Å². The van der Waals surface area contributed by atoms with Crippen LogP contribution in [0.15, 0.2) is 0 Å². The van der Waals surface area contributed by atoms with Gasteiger partial charge in [0.15, 0.2) is 0 Å². The number of rotatable bonds is 5. The zero-order valence-corrected chi connectivity index (χ0v) is 14.1. The molecular formula is C18H28N2O4. The highest BCUT2D eigenvalue weighted by Crippen LogP contribution is 2.52. The minimum atomic E-state index is -0.883. The fourth-order valence-corrected chi connectivity index (χ4v) is 5.11. The van der Waals surface area contributed by atoms with Gasteiger partial charge in [0.1, 0.15) is 0 Å². The first-order chi connectivity index (χ1) is 11.6. The first-order valence-electron chi connectivity index (χ1n) is 9.37. The fraction of sp³-hybridized carbons (Fsp3) is 0.833. The van der Waals surface area contributed by atoms with Crippen molar-refractivity contribution in [1.29, 1.82) is 0 Å². The van der Waals surface area contributed by atoms with Gasteiger partial charge in [0.05, 0.1) is 11.8 Å². The van der Waals surface area contributed by atoms with Gasteiger partial charge in [-0.05, 0) is 43.4 Å². The van der Waals surface area contributed by atoms with Gasteiger partial charge in [-0.25, -0.2) is 0 Å². The number of carbonyl (C=O) groups is 3. The Morgan fingerprint density at radius 3 is 2.21 bits per heavy atom. The summed E-state index contributed by atoms with van der Waals surface area (Å²) in [7, 11) is 0. The van der Waals surface area contributed by atoms with E-state index in [1.807, 2.05) is 0 Å². The van der Waals surface area contributed by atoms with Gasteiger partial charge in [-0.2, -0.15) is 0 Å². The number of hydrazine groups is 1. The lowest BCUT2D eigenvalue weighted by atomic mass is 9.79. The topological polar surface area (TPSA) is 95.5 Å². The average Bonchev–Trinajstić information content (AvgIpc) is 3.20. The number of nitrogens with one attached hydrogen (secondary N) is 2. The van der Waals surface area contributed by atoms with Crippen molar-refractivity contribution >= 4 is 17.8 Å². The number of carboxylic acids is 1. The van der Waals surface area contributed by atoms with E-state index in [2.05, 4.69) is 10.9 Å². The van der Waals surface area contributed by atoms with Gasteiger partial charge in [-0.1, -0.05) is 32.1 Å². The maximum absolute atomic E-state index is 12.4. The minimum Gasteiger partial charge on any atom is -0.481 e. The Bertz CT molecular complexity index is 501. The lowest BCUT2D eigenvalue weighted by Gasteiger charge is -2.27. The average molecular weight is 336 g/mol. The molecule has 0 heterocycles. The Morgan fingerprint density at radius 1 is 0.875 bits per heavy atom. The third kappa shape index (κ3) is 3.73. The van der Waals surface area contributed by atoms with Gasteiger partial charge in [0.2, 0.25) is 11.8 Å². The first kappa shape index (κ1) is 17.2. The van der Waals surface area contributed by atoms with Gasteiger partial charge in [-0.15, -0.1) is 0 Å². The van der Waals surface area contributed by atoms with E-state index in [4.69, 9.17) is 0 Å². The molecule has 0 radical (unpaired) electrons. The van der Waals surface area contributed by atoms with Crippen LogP contribution < -0.4 is 10.9 Å². The Morgan fingerprint density at radius 2 is 1.54 bits per heavy atom. The second kappa shape index (κ2) is 7.53. The zero-order valence-electron chi connectivity index (χ0n) is 14.1. The molecule has 3 rings (SSSR count). The lowest BCUT2D eigenvalue weighted by molar-refractivity contribution is -0.149. The molecule has 0 aromatic carbocycles. The predicted molar refractivity (Wildman–Crippen MR) is 87.5 cm³/mol. The monoisotopic (exact) mass is 336 g/mol. The quantitative estimate of drug-likeness (QED) is 0.671. The molecule has 0 unspecified atom stereocenters. The molecule has 2 amide bonds. The summed E-state index contributed by atoms with van der Waals surface area (Å²) in [5.74, 6) is -1.60. The Balaban J connectivity index is 1.43. The smallest absolute Gasteiger partial charge is 0.307 e. The Labute approximate surface area is 142 Å². The third-order valence-electron chi connectivity index (χ3n) is 6.33. The van der Waals surface area contributed by atoms with Crippen molar-refractivity contribution in [2.45, 2.75) is 64.2 Å². The van der Waals surface area contributed by atoms with E-state index in [9.17, 15) is 19.5 Å². The van der Waals surface area contributed by atoms with E-state index in [1.165, 1.54) is 32.1 Å². The number of aliphatic carboxylic acids is 1. The molecule has 0 spiro atoms. The van der Waals surface area contributed by atoms with Gasteiger partial charge in [0.25, 0.3) is 0 Å². The molecule has 3 aliphatic rings. The van der Waals surface area contributed by atoms with Crippen LogP contribution in [0.5, 0.6) is 0 Å². The molecule has 3 N–H and O–H groups in total. The largest absolute Gasteiger partial charge is 0.481 e. The van der Waals surface area contributed by atoms with Crippen molar-refractivity contribution < 1.29 is 19.5 Å². The molecule has 0 aliphatic heterocycles. The number of carbonyl (C=O) groups excluding carboxylic acids is 2. The summed E-state index contributed by atoms with van der Waals surface area (Å²) >= 11 is 0. The summed E-state index contributed by atoms with van der Waals surface area (Å²) < 4.78 is 0. The summed E-state index contributed by atoms with van der Waals surface area (Å²) in [5, 5.41) is 9.39. The number of hydrogen-bond donors (Lipinski definition) is 3. The van der Waals surface area contributed by atoms with E-state index in [0.717, 1.165) is 25.7 Å². The van der Waals surface area contributed by atoms with Crippen LogP contribution in [-0.4, -0.2) is 22.9 Å². The van der Waals surface area contributed by atoms with Crippen molar-refractivity contribution in [1.82, 2.24) is 10.9 Å². The lowest BCUT2D eigenvalue weighted by Crippen LogP contribution is -2.48. The molecule has 4 atom stereocenters. The van der Waals surface area contributed by atoms with Crippen LogP contribution in [0.25, 0.3) is 0 Å². The van der Waals surface area contributed by atoms with Crippen LogP contribution >= 0.6 is 0 Å². The highest BCUT2D eigenvalue weighted by molar-refractivity contribution is 5.88. The first-order valence-corrected chi connectivity index (χ1v) is 9.37. The van der Waals surface area contributed by atoms with Crippen molar-refractivity contribution in [3.8, 4) is 0 Å². The maximum atomic E-state index is 12.4. The second-order valence-electron chi connectivity index (χ2n) is 7.80. The molecule has 0 aromatic heterocycles. The molecule has 3 fully saturated rings. The van der Waals surface area contributed by atoms with Crippen LogP contribution in [-0.2, 0) is 14.4 Å². The molecule has 2 bridgehead atoms. The van der Waals surface area contributed by atoms with Crippen LogP contribution in [0, 0.1) is 29.6 Å². The number of amides is 2. The van der Waals surface area contributed by atoms with Crippen molar-refractivity contribution in [3.05, 3.63) is 0 Å². The number of fused-ring (bicyclic) bond motifs is 2. The highest BCUT2D eigenvalue weighted by atomic mass is 16.4. The summed E-state index contributed by atoms with van der Waals surface area (Å²) in [4.78, 5) is 35.8. The molecule has 6 nitrogen and oxygen atoms in total. The van der Waals surface area contributed by atoms with Crippen LogP contribution in [0.2, 0.25) is 0 Å². The predicted octanol–water partition coefficient (Wildman–Crippen LogP) is 2.24. The zero-order chi connectivity index (χ0) is 17.1. The molecule has 0 saturated heterocycles. The SMILES string of the molecule is O=C(CCC1CCCCC1)NNC(=O)[C@H]1[C@H]2CC[C@@H](C2)[C@H]1C(=O)O.